The molecule has 0 unspecified atom stereocenters. The second kappa shape index (κ2) is 5.49. The Morgan fingerprint density at radius 3 is 2.26 bits per heavy atom. The van der Waals surface area contributed by atoms with Gasteiger partial charge in [0.2, 0.25) is 0 Å². The van der Waals surface area contributed by atoms with Crippen molar-refractivity contribution < 1.29 is 0 Å². The topological polar surface area (TPSA) is 12.9 Å². The molecule has 92 valence electrons. The van der Waals surface area contributed by atoms with Crippen molar-refractivity contribution in [1.82, 2.24) is 4.98 Å². The number of pyridine rings is 1. The lowest BCUT2D eigenvalue weighted by atomic mass is 10.0. The average Bonchev–Trinajstić information content (AvgIpc) is 2.49. The molecule has 1 heterocycles. The first kappa shape index (κ1) is 11.7. The minimum atomic E-state index is 0.960. The van der Waals surface area contributed by atoms with E-state index in [9.17, 15) is 0 Å². The summed E-state index contributed by atoms with van der Waals surface area (Å²) in [5.41, 5.74) is 4.85. The third-order valence-corrected chi connectivity index (χ3v) is 3.14. The van der Waals surface area contributed by atoms with E-state index in [1.807, 2.05) is 30.5 Å². The van der Waals surface area contributed by atoms with Crippen LogP contribution in [0.2, 0.25) is 0 Å². The molecule has 0 N–H and O–H groups in total. The first-order valence-corrected chi connectivity index (χ1v) is 6.46. The molecule has 0 aliphatic carbocycles. The Morgan fingerprint density at radius 1 is 0.684 bits per heavy atom. The highest BCUT2D eigenvalue weighted by molar-refractivity contribution is 5.59. The SMILES string of the molecule is c1ccc(Cc2cccc(-c3ccccn3)c2)cc1. The Hall–Kier alpha value is -2.41. The minimum absolute atomic E-state index is 0.960. The molecule has 3 rings (SSSR count). The van der Waals surface area contributed by atoms with Gasteiger partial charge in [-0.15, -0.1) is 0 Å². The number of benzene rings is 2. The molecule has 0 aliphatic heterocycles. The van der Waals surface area contributed by atoms with Crippen LogP contribution >= 0.6 is 0 Å². The normalized spacial score (nSPS) is 10.3. The molecule has 0 atom stereocenters. The van der Waals surface area contributed by atoms with Crippen LogP contribution in [0.3, 0.4) is 0 Å². The maximum absolute atomic E-state index is 4.40. The molecule has 0 saturated heterocycles. The van der Waals surface area contributed by atoms with Crippen LogP contribution in [0.4, 0.5) is 0 Å². The Bertz CT molecular complexity index is 645. The van der Waals surface area contributed by atoms with Gasteiger partial charge in [0, 0.05) is 11.8 Å². The molecular weight excluding hydrogens is 230 g/mol. The molecule has 0 amide bonds. The van der Waals surface area contributed by atoms with Crippen LogP contribution in [-0.2, 0) is 6.42 Å². The largest absolute Gasteiger partial charge is 0.256 e. The monoisotopic (exact) mass is 245 g/mol. The Kier molecular flexibility index (Phi) is 3.37. The Balaban J connectivity index is 1.89. The second-order valence-electron chi connectivity index (χ2n) is 4.58. The number of hydrogen-bond acceptors (Lipinski definition) is 1. The lowest BCUT2D eigenvalue weighted by molar-refractivity contribution is 1.19. The van der Waals surface area contributed by atoms with E-state index >= 15 is 0 Å². The van der Waals surface area contributed by atoms with Crippen LogP contribution in [0.1, 0.15) is 11.1 Å². The summed E-state index contributed by atoms with van der Waals surface area (Å²) in [6.07, 6.45) is 2.79. The van der Waals surface area contributed by atoms with E-state index in [0.29, 0.717) is 0 Å². The molecule has 0 saturated carbocycles. The van der Waals surface area contributed by atoms with Gasteiger partial charge < -0.3 is 0 Å². The zero-order valence-corrected chi connectivity index (χ0v) is 10.7. The first-order chi connectivity index (χ1) is 9.42. The molecule has 3 aromatic rings. The van der Waals surface area contributed by atoms with Crippen LogP contribution < -0.4 is 0 Å². The number of hydrogen-bond donors (Lipinski definition) is 0. The van der Waals surface area contributed by atoms with Crippen molar-refractivity contribution in [2.45, 2.75) is 6.42 Å². The van der Waals surface area contributed by atoms with Crippen LogP contribution in [-0.4, -0.2) is 4.98 Å². The second-order valence-corrected chi connectivity index (χ2v) is 4.58. The molecule has 2 aromatic carbocycles. The molecule has 1 aromatic heterocycles. The van der Waals surface area contributed by atoms with E-state index in [-0.39, 0.29) is 0 Å². The van der Waals surface area contributed by atoms with Gasteiger partial charge in [-0.25, -0.2) is 0 Å². The summed E-state index contributed by atoms with van der Waals surface area (Å²) in [5.74, 6) is 0. The van der Waals surface area contributed by atoms with Crippen LogP contribution in [0.5, 0.6) is 0 Å². The zero-order valence-electron chi connectivity index (χ0n) is 10.7. The van der Waals surface area contributed by atoms with Crippen molar-refractivity contribution in [3.05, 3.63) is 90.1 Å². The lowest BCUT2D eigenvalue weighted by Gasteiger charge is -2.05. The number of nitrogens with zero attached hydrogens (tertiary/aromatic N) is 1. The highest BCUT2D eigenvalue weighted by Crippen LogP contribution is 2.19. The van der Waals surface area contributed by atoms with E-state index in [1.165, 1.54) is 16.7 Å². The van der Waals surface area contributed by atoms with Crippen molar-refractivity contribution in [2.24, 2.45) is 0 Å². The molecule has 0 aliphatic rings. The predicted octanol–water partition coefficient (Wildman–Crippen LogP) is 4.34. The van der Waals surface area contributed by atoms with Crippen molar-refractivity contribution in [1.29, 1.82) is 0 Å². The summed E-state index contributed by atoms with van der Waals surface area (Å²) >= 11 is 0. The van der Waals surface area contributed by atoms with Gasteiger partial charge in [-0.05, 0) is 35.7 Å². The average molecular weight is 245 g/mol. The van der Waals surface area contributed by atoms with E-state index in [4.69, 9.17) is 0 Å². The molecule has 0 fully saturated rings. The maximum atomic E-state index is 4.40. The summed E-state index contributed by atoms with van der Waals surface area (Å²) in [4.78, 5) is 4.40. The zero-order chi connectivity index (χ0) is 12.9. The van der Waals surface area contributed by atoms with Gasteiger partial charge in [0.15, 0.2) is 0 Å². The lowest BCUT2D eigenvalue weighted by Crippen LogP contribution is -1.89. The van der Waals surface area contributed by atoms with E-state index in [0.717, 1.165) is 12.1 Å². The van der Waals surface area contributed by atoms with Gasteiger partial charge >= 0.3 is 0 Å². The molecule has 0 spiro atoms. The van der Waals surface area contributed by atoms with Crippen LogP contribution in [0.15, 0.2) is 79.0 Å². The summed E-state index contributed by atoms with van der Waals surface area (Å²) < 4.78 is 0. The van der Waals surface area contributed by atoms with Gasteiger partial charge in [0.1, 0.15) is 0 Å². The Labute approximate surface area is 113 Å². The third kappa shape index (κ3) is 2.89. The highest BCUT2D eigenvalue weighted by atomic mass is 14.7. The van der Waals surface area contributed by atoms with E-state index in [1.54, 1.807) is 0 Å². The molecule has 1 heteroatoms. The van der Waals surface area contributed by atoms with Gasteiger partial charge in [-0.2, -0.15) is 0 Å². The molecule has 0 bridgehead atoms. The molecule has 1 nitrogen and oxygen atoms in total. The summed E-state index contributed by atoms with van der Waals surface area (Å²) in [7, 11) is 0. The van der Waals surface area contributed by atoms with E-state index < -0.39 is 0 Å². The van der Waals surface area contributed by atoms with Crippen LogP contribution in [0, 0.1) is 0 Å². The number of rotatable bonds is 3. The van der Waals surface area contributed by atoms with Gasteiger partial charge in [0.05, 0.1) is 5.69 Å². The van der Waals surface area contributed by atoms with Gasteiger partial charge in [-0.3, -0.25) is 4.98 Å². The predicted molar refractivity (Wildman–Crippen MR) is 78.9 cm³/mol. The van der Waals surface area contributed by atoms with Crippen molar-refractivity contribution in [2.75, 3.05) is 0 Å². The van der Waals surface area contributed by atoms with Crippen molar-refractivity contribution in [3.63, 3.8) is 0 Å². The summed E-state index contributed by atoms with van der Waals surface area (Å²) in [6.45, 7) is 0. The fourth-order valence-corrected chi connectivity index (χ4v) is 2.21. The first-order valence-electron chi connectivity index (χ1n) is 6.46. The fourth-order valence-electron chi connectivity index (χ4n) is 2.21. The quantitative estimate of drug-likeness (QED) is 0.669. The summed E-state index contributed by atoms with van der Waals surface area (Å²) in [5, 5.41) is 0. The van der Waals surface area contributed by atoms with Crippen LogP contribution in [0.25, 0.3) is 11.3 Å². The third-order valence-electron chi connectivity index (χ3n) is 3.14. The smallest absolute Gasteiger partial charge is 0.0702 e. The minimum Gasteiger partial charge on any atom is -0.256 e. The Morgan fingerprint density at radius 2 is 1.47 bits per heavy atom. The van der Waals surface area contributed by atoms with Crippen molar-refractivity contribution >= 4 is 0 Å². The van der Waals surface area contributed by atoms with E-state index in [2.05, 4.69) is 53.5 Å². The maximum Gasteiger partial charge on any atom is 0.0702 e. The number of aromatic nitrogens is 1. The highest BCUT2D eigenvalue weighted by Gasteiger charge is 2.00. The van der Waals surface area contributed by atoms with Gasteiger partial charge in [0.25, 0.3) is 0 Å². The molecule has 19 heavy (non-hydrogen) atoms. The molecular formula is C18H15N. The van der Waals surface area contributed by atoms with Crippen molar-refractivity contribution in [3.8, 4) is 11.3 Å². The molecule has 0 radical (unpaired) electrons. The van der Waals surface area contributed by atoms with Gasteiger partial charge in [-0.1, -0.05) is 54.6 Å². The fraction of sp³-hybridized carbons (Fsp3) is 0.0556. The summed E-state index contributed by atoms with van der Waals surface area (Å²) in [6, 6.07) is 25.1. The standard InChI is InChI=1S/C18H15N/c1-2-7-15(8-3-1)13-16-9-6-10-17(14-16)18-11-4-5-12-19-18/h1-12,14H,13H2.